The summed E-state index contributed by atoms with van der Waals surface area (Å²) >= 11 is 0. The molecule has 1 aromatic heterocycles. The summed E-state index contributed by atoms with van der Waals surface area (Å²) in [4.78, 5) is 21.3. The van der Waals surface area contributed by atoms with Gasteiger partial charge in [-0.1, -0.05) is 42.0 Å². The largest absolute Gasteiger partial charge is 0.489 e. The van der Waals surface area contributed by atoms with Gasteiger partial charge in [-0.2, -0.15) is 0 Å². The molecule has 6 heteroatoms. The van der Waals surface area contributed by atoms with Gasteiger partial charge in [0.15, 0.2) is 0 Å². The predicted octanol–water partition coefficient (Wildman–Crippen LogP) is 4.55. The first-order chi connectivity index (χ1) is 13.9. The second kappa shape index (κ2) is 9.19. The molecule has 0 unspecified atom stereocenters. The summed E-state index contributed by atoms with van der Waals surface area (Å²) in [7, 11) is 0. The maximum atomic E-state index is 12.6. The van der Waals surface area contributed by atoms with Crippen molar-refractivity contribution in [3.63, 3.8) is 0 Å². The van der Waals surface area contributed by atoms with E-state index < -0.39 is 0 Å². The normalized spacial score (nSPS) is 10.7. The summed E-state index contributed by atoms with van der Waals surface area (Å²) in [6, 6.07) is 17.3. The van der Waals surface area contributed by atoms with Gasteiger partial charge in [0.25, 0.3) is 5.91 Å². The molecular formula is C23H26N4O2. The number of hydrogen-bond donors (Lipinski definition) is 2. The van der Waals surface area contributed by atoms with Crippen LogP contribution in [0.15, 0.2) is 54.6 Å². The molecule has 2 N–H and O–H groups in total. The molecule has 2 aromatic carbocycles. The second-order valence-corrected chi connectivity index (χ2v) is 7.14. The molecule has 0 bridgehead atoms. The van der Waals surface area contributed by atoms with Crippen LogP contribution in [0.5, 0.6) is 5.75 Å². The van der Waals surface area contributed by atoms with Crippen molar-refractivity contribution in [3.05, 3.63) is 77.2 Å². The fourth-order valence-electron chi connectivity index (χ4n) is 2.79. The number of nitrogens with one attached hydrogen (secondary N) is 2. The number of carbonyl (C=O) groups is 1. The van der Waals surface area contributed by atoms with Gasteiger partial charge in [-0.15, -0.1) is 0 Å². The van der Waals surface area contributed by atoms with E-state index in [1.807, 2.05) is 69.3 Å². The summed E-state index contributed by atoms with van der Waals surface area (Å²) in [5.74, 6) is 1.53. The third-order valence-corrected chi connectivity index (χ3v) is 4.16. The molecule has 0 aliphatic rings. The SMILES string of the molecule is Cc1ccc(CNC(=O)c2cc(Nc3ccccc3OC(C)C)nc(C)n2)cc1. The van der Waals surface area contributed by atoms with Crippen LogP contribution in [0.25, 0.3) is 0 Å². The van der Waals surface area contributed by atoms with Crippen molar-refractivity contribution >= 4 is 17.4 Å². The van der Waals surface area contributed by atoms with E-state index in [1.54, 1.807) is 13.0 Å². The van der Waals surface area contributed by atoms with E-state index in [0.717, 1.165) is 17.0 Å². The minimum Gasteiger partial charge on any atom is -0.489 e. The number of para-hydroxylation sites is 2. The topological polar surface area (TPSA) is 76.1 Å². The molecule has 6 nitrogen and oxygen atoms in total. The first-order valence-electron chi connectivity index (χ1n) is 9.63. The molecule has 0 spiro atoms. The summed E-state index contributed by atoms with van der Waals surface area (Å²) < 4.78 is 5.84. The lowest BCUT2D eigenvalue weighted by Gasteiger charge is -2.15. The lowest BCUT2D eigenvalue weighted by Crippen LogP contribution is -2.24. The van der Waals surface area contributed by atoms with E-state index in [2.05, 4.69) is 20.6 Å². The standard InChI is InChI=1S/C23H26N4O2/c1-15(2)29-21-8-6-5-7-19(21)27-22-13-20(25-17(4)26-22)23(28)24-14-18-11-9-16(3)10-12-18/h5-13,15H,14H2,1-4H3,(H,24,28)(H,25,26,27). The molecule has 1 amide bonds. The third kappa shape index (κ3) is 5.78. The number of hydrogen-bond acceptors (Lipinski definition) is 5. The number of anilines is 2. The zero-order valence-electron chi connectivity index (χ0n) is 17.2. The molecule has 0 aliphatic carbocycles. The van der Waals surface area contributed by atoms with E-state index >= 15 is 0 Å². The highest BCUT2D eigenvalue weighted by Crippen LogP contribution is 2.27. The quantitative estimate of drug-likeness (QED) is 0.619. The number of aryl methyl sites for hydroxylation is 2. The maximum Gasteiger partial charge on any atom is 0.270 e. The number of carbonyl (C=O) groups excluding carboxylic acids is 1. The first-order valence-corrected chi connectivity index (χ1v) is 9.63. The Morgan fingerprint density at radius 1 is 1.03 bits per heavy atom. The highest BCUT2D eigenvalue weighted by Gasteiger charge is 2.12. The molecular weight excluding hydrogens is 364 g/mol. The Hall–Kier alpha value is -3.41. The molecule has 0 fully saturated rings. The van der Waals surface area contributed by atoms with Crippen molar-refractivity contribution in [2.24, 2.45) is 0 Å². The Kier molecular flexibility index (Phi) is 6.44. The molecule has 150 valence electrons. The van der Waals surface area contributed by atoms with Crippen LogP contribution in [0.3, 0.4) is 0 Å². The van der Waals surface area contributed by atoms with Crippen molar-refractivity contribution in [2.45, 2.75) is 40.3 Å². The van der Waals surface area contributed by atoms with E-state index in [4.69, 9.17) is 4.74 Å². The van der Waals surface area contributed by atoms with Crippen LogP contribution in [0.2, 0.25) is 0 Å². The van der Waals surface area contributed by atoms with Gasteiger partial charge >= 0.3 is 0 Å². The van der Waals surface area contributed by atoms with Gasteiger partial charge in [-0.05, 0) is 45.4 Å². The monoisotopic (exact) mass is 390 g/mol. The highest BCUT2D eigenvalue weighted by molar-refractivity contribution is 5.93. The van der Waals surface area contributed by atoms with Crippen LogP contribution in [0.1, 0.15) is 41.3 Å². The van der Waals surface area contributed by atoms with Crippen LogP contribution >= 0.6 is 0 Å². The molecule has 3 rings (SSSR count). The minimum atomic E-state index is -0.245. The lowest BCUT2D eigenvalue weighted by molar-refractivity contribution is 0.0945. The van der Waals surface area contributed by atoms with Crippen molar-refractivity contribution in [1.82, 2.24) is 15.3 Å². The molecule has 0 saturated carbocycles. The summed E-state index contributed by atoms with van der Waals surface area (Å²) in [5.41, 5.74) is 3.32. The van der Waals surface area contributed by atoms with Gasteiger partial charge in [0, 0.05) is 12.6 Å². The summed E-state index contributed by atoms with van der Waals surface area (Å²) in [6.45, 7) is 8.18. The van der Waals surface area contributed by atoms with Crippen LogP contribution < -0.4 is 15.4 Å². The minimum absolute atomic E-state index is 0.0493. The van der Waals surface area contributed by atoms with Crippen LogP contribution in [0.4, 0.5) is 11.5 Å². The number of ether oxygens (including phenoxy) is 1. The van der Waals surface area contributed by atoms with Crippen LogP contribution in [-0.4, -0.2) is 22.0 Å². The van der Waals surface area contributed by atoms with Gasteiger partial charge < -0.3 is 15.4 Å². The molecule has 0 aliphatic heterocycles. The first kappa shape index (κ1) is 20.3. The van der Waals surface area contributed by atoms with Crippen LogP contribution in [-0.2, 0) is 6.54 Å². The lowest BCUT2D eigenvalue weighted by atomic mass is 10.1. The van der Waals surface area contributed by atoms with Gasteiger partial charge in [0.05, 0.1) is 11.8 Å². The van der Waals surface area contributed by atoms with Crippen molar-refractivity contribution in [1.29, 1.82) is 0 Å². The highest BCUT2D eigenvalue weighted by atomic mass is 16.5. The second-order valence-electron chi connectivity index (χ2n) is 7.14. The Labute approximate surface area is 171 Å². The number of benzene rings is 2. The Balaban J connectivity index is 1.74. The van der Waals surface area contributed by atoms with E-state index in [1.165, 1.54) is 5.56 Å². The average Bonchev–Trinajstić information content (AvgIpc) is 2.68. The molecule has 0 atom stereocenters. The molecule has 0 saturated heterocycles. The fourth-order valence-corrected chi connectivity index (χ4v) is 2.79. The fraction of sp³-hybridized carbons (Fsp3) is 0.261. The molecule has 0 radical (unpaired) electrons. The number of nitrogens with zero attached hydrogens (tertiary/aromatic N) is 2. The Morgan fingerprint density at radius 3 is 2.48 bits per heavy atom. The van der Waals surface area contributed by atoms with Gasteiger partial charge in [0.2, 0.25) is 0 Å². The summed E-state index contributed by atoms with van der Waals surface area (Å²) in [5, 5.41) is 6.15. The van der Waals surface area contributed by atoms with Crippen molar-refractivity contribution < 1.29 is 9.53 Å². The maximum absolute atomic E-state index is 12.6. The average molecular weight is 390 g/mol. The Morgan fingerprint density at radius 2 is 1.76 bits per heavy atom. The van der Waals surface area contributed by atoms with E-state index in [-0.39, 0.29) is 12.0 Å². The van der Waals surface area contributed by atoms with Crippen molar-refractivity contribution in [3.8, 4) is 5.75 Å². The number of aromatic nitrogens is 2. The number of rotatable bonds is 7. The third-order valence-electron chi connectivity index (χ3n) is 4.16. The summed E-state index contributed by atoms with van der Waals surface area (Å²) in [6.07, 6.45) is 0.0493. The number of amides is 1. The van der Waals surface area contributed by atoms with Crippen LogP contribution in [0, 0.1) is 13.8 Å². The van der Waals surface area contributed by atoms with Gasteiger partial charge in [-0.3, -0.25) is 4.79 Å². The van der Waals surface area contributed by atoms with E-state index in [9.17, 15) is 4.79 Å². The van der Waals surface area contributed by atoms with Gasteiger partial charge in [-0.25, -0.2) is 9.97 Å². The van der Waals surface area contributed by atoms with Gasteiger partial charge in [0.1, 0.15) is 23.1 Å². The van der Waals surface area contributed by atoms with Crippen molar-refractivity contribution in [2.75, 3.05) is 5.32 Å². The molecule has 1 heterocycles. The molecule has 29 heavy (non-hydrogen) atoms. The molecule has 3 aromatic rings. The Bertz CT molecular complexity index is 984. The van der Waals surface area contributed by atoms with E-state index in [0.29, 0.717) is 23.9 Å². The zero-order valence-corrected chi connectivity index (χ0v) is 17.2. The predicted molar refractivity (Wildman–Crippen MR) is 115 cm³/mol. The smallest absolute Gasteiger partial charge is 0.270 e. The zero-order chi connectivity index (χ0) is 20.8.